The molecule has 0 radical (unpaired) electrons. The number of fused-ring (bicyclic) bond motifs is 2. The van der Waals surface area contributed by atoms with E-state index in [0.29, 0.717) is 18.7 Å². The van der Waals surface area contributed by atoms with Gasteiger partial charge in [-0.2, -0.15) is 13.2 Å². The van der Waals surface area contributed by atoms with Crippen molar-refractivity contribution in [3.63, 3.8) is 0 Å². The number of rotatable bonds is 8. The minimum absolute atomic E-state index is 0.0768. The van der Waals surface area contributed by atoms with Crippen LogP contribution in [0.3, 0.4) is 0 Å². The lowest BCUT2D eigenvalue weighted by atomic mass is 9.96. The normalized spacial score (nSPS) is 20.9. The first kappa shape index (κ1) is 26.5. The Balaban J connectivity index is 1.39. The minimum atomic E-state index is -4.40. The van der Waals surface area contributed by atoms with E-state index in [-0.39, 0.29) is 24.0 Å². The lowest BCUT2D eigenvalue weighted by molar-refractivity contribution is -0.137. The maximum atomic E-state index is 13.0. The molecule has 2 saturated heterocycles. The van der Waals surface area contributed by atoms with Crippen LogP contribution in [0.1, 0.15) is 58.4 Å². The second kappa shape index (κ2) is 10.4. The van der Waals surface area contributed by atoms with Crippen LogP contribution >= 0.6 is 0 Å². The summed E-state index contributed by atoms with van der Waals surface area (Å²) < 4.78 is 44.6. The van der Waals surface area contributed by atoms with Gasteiger partial charge in [0.2, 0.25) is 0 Å². The predicted octanol–water partition coefficient (Wildman–Crippen LogP) is 5.31. The molecular formula is C28H36F3N3O2. The highest BCUT2D eigenvalue weighted by Crippen LogP contribution is 2.39. The van der Waals surface area contributed by atoms with E-state index in [4.69, 9.17) is 4.74 Å². The fourth-order valence-electron chi connectivity index (χ4n) is 5.56. The zero-order chi connectivity index (χ0) is 26.2. The monoisotopic (exact) mass is 503 g/mol. The molecule has 2 aliphatic heterocycles. The molecule has 0 aliphatic carbocycles. The molecule has 8 heteroatoms. The number of likely N-dealkylation sites (tertiary alicyclic amines) is 2. The highest BCUT2D eigenvalue weighted by Gasteiger charge is 2.47. The first-order valence-corrected chi connectivity index (χ1v) is 12.6. The van der Waals surface area contributed by atoms with Crippen molar-refractivity contribution < 1.29 is 22.7 Å². The first-order chi connectivity index (χ1) is 17.0. The number of benzene rings is 2. The van der Waals surface area contributed by atoms with Gasteiger partial charge in [-0.3, -0.25) is 9.69 Å². The van der Waals surface area contributed by atoms with Crippen LogP contribution in [0.5, 0.6) is 5.75 Å². The van der Waals surface area contributed by atoms with Crippen LogP contribution < -0.4 is 4.74 Å². The molecule has 5 nitrogen and oxygen atoms in total. The molecule has 2 aromatic carbocycles. The average molecular weight is 504 g/mol. The van der Waals surface area contributed by atoms with Crippen LogP contribution in [0.25, 0.3) is 0 Å². The number of ether oxygens (including phenoxy) is 1. The molecule has 1 amide bonds. The summed E-state index contributed by atoms with van der Waals surface area (Å²) in [7, 11) is 4.11. The molecule has 0 unspecified atom stereocenters. The Bertz CT molecular complexity index is 1080. The van der Waals surface area contributed by atoms with Crippen molar-refractivity contribution in [2.75, 3.05) is 40.3 Å². The number of alkyl halides is 3. The van der Waals surface area contributed by atoms with Crippen molar-refractivity contribution in [3.8, 4) is 5.75 Å². The third kappa shape index (κ3) is 5.39. The smallest absolute Gasteiger partial charge is 0.416 e. The Kier molecular flexibility index (Phi) is 7.67. The number of nitrogens with zero attached hydrogens (tertiary/aromatic N) is 3. The number of piperazine rings is 1. The third-order valence-electron chi connectivity index (χ3n) is 7.74. The van der Waals surface area contributed by atoms with Gasteiger partial charge < -0.3 is 14.5 Å². The van der Waals surface area contributed by atoms with Crippen LogP contribution in [0.15, 0.2) is 36.4 Å². The number of halogens is 3. The van der Waals surface area contributed by atoms with Gasteiger partial charge in [0.25, 0.3) is 5.91 Å². The fourth-order valence-corrected chi connectivity index (χ4v) is 5.56. The van der Waals surface area contributed by atoms with E-state index in [0.717, 1.165) is 49.4 Å². The van der Waals surface area contributed by atoms with Gasteiger partial charge in [-0.05, 0) is 94.7 Å². The van der Waals surface area contributed by atoms with Gasteiger partial charge in [0.1, 0.15) is 5.75 Å². The molecular weight excluding hydrogens is 467 g/mol. The van der Waals surface area contributed by atoms with Crippen molar-refractivity contribution >= 4 is 5.91 Å². The average Bonchev–Trinajstić information content (AvgIpc) is 3.44. The van der Waals surface area contributed by atoms with Crippen LogP contribution in [-0.4, -0.2) is 73.0 Å². The molecule has 2 bridgehead atoms. The molecule has 0 N–H and O–H groups in total. The second-order valence-electron chi connectivity index (χ2n) is 10.4. The van der Waals surface area contributed by atoms with Gasteiger partial charge in [0, 0.05) is 43.3 Å². The van der Waals surface area contributed by atoms with Crippen LogP contribution in [0.4, 0.5) is 13.2 Å². The quantitative estimate of drug-likeness (QED) is 0.458. The molecule has 196 valence electrons. The lowest BCUT2D eigenvalue weighted by Gasteiger charge is -2.38. The van der Waals surface area contributed by atoms with Gasteiger partial charge in [0.15, 0.2) is 0 Å². The van der Waals surface area contributed by atoms with Crippen LogP contribution in [0, 0.1) is 13.8 Å². The summed E-state index contributed by atoms with van der Waals surface area (Å²) in [5.74, 6) is 0.741. The van der Waals surface area contributed by atoms with E-state index >= 15 is 0 Å². The van der Waals surface area contributed by atoms with E-state index in [1.54, 1.807) is 0 Å². The van der Waals surface area contributed by atoms with Crippen LogP contribution in [-0.2, 0) is 6.18 Å². The summed E-state index contributed by atoms with van der Waals surface area (Å²) in [5, 5.41) is 0. The summed E-state index contributed by atoms with van der Waals surface area (Å²) in [6.07, 6.45) is -2.54. The summed E-state index contributed by atoms with van der Waals surface area (Å²) in [5.41, 5.74) is 3.22. The van der Waals surface area contributed by atoms with Crippen molar-refractivity contribution in [2.24, 2.45) is 0 Å². The van der Waals surface area contributed by atoms with Crippen molar-refractivity contribution in [1.29, 1.82) is 0 Å². The van der Waals surface area contributed by atoms with Crippen LogP contribution in [0.2, 0.25) is 0 Å². The Morgan fingerprint density at radius 3 is 2.33 bits per heavy atom. The van der Waals surface area contributed by atoms with Gasteiger partial charge in [-0.25, -0.2) is 0 Å². The molecule has 0 aromatic heterocycles. The molecule has 4 rings (SSSR count). The van der Waals surface area contributed by atoms with Gasteiger partial charge in [-0.15, -0.1) is 0 Å². The molecule has 2 heterocycles. The predicted molar refractivity (Wildman–Crippen MR) is 134 cm³/mol. The van der Waals surface area contributed by atoms with E-state index in [1.165, 1.54) is 23.3 Å². The summed E-state index contributed by atoms with van der Waals surface area (Å²) in [4.78, 5) is 19.5. The SMILES string of the molecule is Cc1c(OCCCN(C)C)ccc([C@@H](C)N2C[C@H]3C[C@@H]2CN3C(=O)c2ccc(C(F)(F)F)cc2)c1C. The molecule has 36 heavy (non-hydrogen) atoms. The van der Waals surface area contributed by atoms with Crippen molar-refractivity contribution in [3.05, 3.63) is 64.2 Å². The Morgan fingerprint density at radius 2 is 1.75 bits per heavy atom. The number of carbonyl (C=O) groups excluding carboxylic acids is 1. The third-order valence-corrected chi connectivity index (χ3v) is 7.74. The van der Waals surface area contributed by atoms with Crippen molar-refractivity contribution in [2.45, 2.75) is 57.9 Å². The Morgan fingerprint density at radius 1 is 1.06 bits per heavy atom. The van der Waals surface area contributed by atoms with E-state index in [1.807, 2.05) is 4.90 Å². The van der Waals surface area contributed by atoms with E-state index < -0.39 is 11.7 Å². The van der Waals surface area contributed by atoms with Crippen molar-refractivity contribution in [1.82, 2.24) is 14.7 Å². The zero-order valence-corrected chi connectivity index (χ0v) is 21.7. The number of hydrogen-bond acceptors (Lipinski definition) is 4. The summed E-state index contributed by atoms with van der Waals surface area (Å²) in [6.45, 7) is 9.49. The topological polar surface area (TPSA) is 36.0 Å². The number of carbonyl (C=O) groups is 1. The Hall–Kier alpha value is -2.58. The van der Waals surface area contributed by atoms with E-state index in [2.05, 4.69) is 56.8 Å². The standard InChI is InChI=1S/C28H36F3N3O2/c1-18-19(2)26(36-14-6-13-32(4)5)12-11-25(18)20(3)33-16-24-15-23(33)17-34(24)27(35)21-7-9-22(10-8-21)28(29,30)31/h7-12,20,23-24H,6,13-17H2,1-5H3/t20-,23-,24-/m1/s1. The number of hydrogen-bond donors (Lipinski definition) is 0. The first-order valence-electron chi connectivity index (χ1n) is 12.6. The lowest BCUT2D eigenvalue weighted by Crippen LogP contribution is -2.49. The summed E-state index contributed by atoms with van der Waals surface area (Å²) in [6, 6.07) is 9.28. The molecule has 2 fully saturated rings. The maximum absolute atomic E-state index is 13.0. The molecule has 0 saturated carbocycles. The zero-order valence-electron chi connectivity index (χ0n) is 21.7. The van der Waals surface area contributed by atoms with Gasteiger partial charge >= 0.3 is 6.18 Å². The minimum Gasteiger partial charge on any atom is -0.493 e. The fraction of sp³-hybridized carbons (Fsp3) is 0.536. The van der Waals surface area contributed by atoms with Gasteiger partial charge in [-0.1, -0.05) is 6.07 Å². The van der Waals surface area contributed by atoms with E-state index in [9.17, 15) is 18.0 Å². The van der Waals surface area contributed by atoms with Gasteiger partial charge in [0.05, 0.1) is 12.2 Å². The number of amides is 1. The highest BCUT2D eigenvalue weighted by molar-refractivity contribution is 5.94. The Labute approximate surface area is 211 Å². The molecule has 3 atom stereocenters. The molecule has 0 spiro atoms. The summed E-state index contributed by atoms with van der Waals surface area (Å²) >= 11 is 0. The maximum Gasteiger partial charge on any atom is 0.416 e. The largest absolute Gasteiger partial charge is 0.493 e. The molecule has 2 aromatic rings. The second-order valence-corrected chi connectivity index (χ2v) is 10.4. The highest BCUT2D eigenvalue weighted by atomic mass is 19.4. The molecule has 2 aliphatic rings.